The number of amides is 1. The Kier molecular flexibility index (Phi) is 7.17. The van der Waals surface area contributed by atoms with Crippen LogP contribution in [0.1, 0.15) is 36.5 Å². The number of carbonyl (C=O) groups is 1. The lowest BCUT2D eigenvalue weighted by Crippen LogP contribution is -2.12. The summed E-state index contributed by atoms with van der Waals surface area (Å²) in [4.78, 5) is 21.5. The molecule has 0 saturated heterocycles. The molecule has 0 heterocycles. The first kappa shape index (κ1) is 16.9. The van der Waals surface area contributed by atoms with Crippen molar-refractivity contribution in [3.05, 3.63) is 33.9 Å². The van der Waals surface area contributed by atoms with Gasteiger partial charge in [-0.25, -0.2) is 0 Å². The van der Waals surface area contributed by atoms with Crippen molar-refractivity contribution in [2.24, 2.45) is 5.73 Å². The summed E-state index contributed by atoms with van der Waals surface area (Å²) in [6, 6.07) is 4.15. The van der Waals surface area contributed by atoms with E-state index in [-0.39, 0.29) is 11.3 Å². The second-order valence-corrected chi connectivity index (χ2v) is 4.60. The number of anilines is 1. The van der Waals surface area contributed by atoms with Crippen LogP contribution >= 0.6 is 0 Å². The van der Waals surface area contributed by atoms with Crippen LogP contribution in [0.2, 0.25) is 0 Å². The minimum atomic E-state index is -0.686. The minimum Gasteiger partial charge on any atom is -0.381 e. The molecule has 0 aliphatic heterocycles. The molecule has 0 atom stereocenters. The predicted octanol–water partition coefficient (Wildman–Crippen LogP) is 2.31. The van der Waals surface area contributed by atoms with Crippen LogP contribution in [0.3, 0.4) is 0 Å². The smallest absolute Gasteiger partial charge is 0.293 e. The maximum Gasteiger partial charge on any atom is 0.293 e. The van der Waals surface area contributed by atoms with Gasteiger partial charge < -0.3 is 15.8 Å². The molecule has 1 aromatic rings. The Hall–Kier alpha value is -2.15. The molecular weight excluding hydrogens is 274 g/mol. The van der Waals surface area contributed by atoms with Crippen LogP contribution in [0.5, 0.6) is 0 Å². The first-order valence-electron chi connectivity index (χ1n) is 6.96. The molecule has 0 aliphatic carbocycles. The number of primary amides is 1. The molecule has 21 heavy (non-hydrogen) atoms. The quantitative estimate of drug-likeness (QED) is 0.391. The van der Waals surface area contributed by atoms with E-state index < -0.39 is 10.8 Å². The summed E-state index contributed by atoms with van der Waals surface area (Å²) in [5.41, 5.74) is 5.45. The zero-order chi connectivity index (χ0) is 15.7. The average molecular weight is 295 g/mol. The fourth-order valence-electron chi connectivity index (χ4n) is 1.73. The second kappa shape index (κ2) is 8.91. The third kappa shape index (κ3) is 5.78. The number of carbonyl (C=O) groups excluding carboxylic acids is 1. The molecule has 1 aromatic carbocycles. The highest BCUT2D eigenvalue weighted by Gasteiger charge is 2.15. The minimum absolute atomic E-state index is 0.121. The number of nitrogens with zero attached hydrogens (tertiary/aromatic N) is 1. The molecule has 7 heteroatoms. The molecule has 0 aromatic heterocycles. The number of ether oxygens (including phenoxy) is 1. The Morgan fingerprint density at radius 1 is 1.38 bits per heavy atom. The van der Waals surface area contributed by atoms with E-state index in [1.54, 1.807) is 0 Å². The fourth-order valence-corrected chi connectivity index (χ4v) is 1.73. The van der Waals surface area contributed by atoms with Gasteiger partial charge in [0.1, 0.15) is 5.69 Å². The highest BCUT2D eigenvalue weighted by atomic mass is 16.6. The molecule has 0 spiro atoms. The van der Waals surface area contributed by atoms with Crippen molar-refractivity contribution in [2.75, 3.05) is 25.1 Å². The van der Waals surface area contributed by atoms with Gasteiger partial charge >= 0.3 is 0 Å². The standard InChI is InChI=1S/C14H21N3O4/c1-2-3-8-21-9-4-7-16-12-6-5-11(14(15)18)10-13(12)17(19)20/h5-6,10,16H,2-4,7-9H2,1H3,(H2,15,18). The number of nitro groups is 1. The largest absolute Gasteiger partial charge is 0.381 e. The van der Waals surface area contributed by atoms with Gasteiger partial charge in [0.15, 0.2) is 0 Å². The summed E-state index contributed by atoms with van der Waals surface area (Å²) in [6.07, 6.45) is 2.88. The van der Waals surface area contributed by atoms with Crippen LogP contribution in [0, 0.1) is 10.1 Å². The average Bonchev–Trinajstić information content (AvgIpc) is 2.46. The first-order valence-corrected chi connectivity index (χ1v) is 6.96. The third-order valence-corrected chi connectivity index (χ3v) is 2.90. The number of hydrogen-bond acceptors (Lipinski definition) is 5. The number of hydrogen-bond donors (Lipinski definition) is 2. The molecule has 0 unspecified atom stereocenters. The van der Waals surface area contributed by atoms with Gasteiger partial charge in [-0.1, -0.05) is 13.3 Å². The monoisotopic (exact) mass is 295 g/mol. The number of benzene rings is 1. The van der Waals surface area contributed by atoms with Crippen LogP contribution in [-0.2, 0) is 4.74 Å². The van der Waals surface area contributed by atoms with Gasteiger partial charge in [0.25, 0.3) is 5.69 Å². The lowest BCUT2D eigenvalue weighted by atomic mass is 10.1. The van der Waals surface area contributed by atoms with Gasteiger partial charge in [-0.15, -0.1) is 0 Å². The Bertz CT molecular complexity index is 491. The van der Waals surface area contributed by atoms with Crippen molar-refractivity contribution >= 4 is 17.3 Å². The highest BCUT2D eigenvalue weighted by molar-refractivity contribution is 5.94. The zero-order valence-corrected chi connectivity index (χ0v) is 12.1. The second-order valence-electron chi connectivity index (χ2n) is 4.60. The van der Waals surface area contributed by atoms with Crippen molar-refractivity contribution in [3.63, 3.8) is 0 Å². The van der Waals surface area contributed by atoms with E-state index in [1.165, 1.54) is 18.2 Å². The molecule has 1 amide bonds. The SMILES string of the molecule is CCCCOCCCNc1ccc(C(N)=O)cc1[N+](=O)[O-]. The van der Waals surface area contributed by atoms with Crippen LogP contribution in [0.4, 0.5) is 11.4 Å². The Morgan fingerprint density at radius 3 is 2.71 bits per heavy atom. The molecule has 0 radical (unpaired) electrons. The van der Waals surface area contributed by atoms with E-state index in [2.05, 4.69) is 12.2 Å². The molecule has 0 saturated carbocycles. The zero-order valence-electron chi connectivity index (χ0n) is 12.1. The molecule has 0 fully saturated rings. The van der Waals surface area contributed by atoms with Gasteiger partial charge in [-0.3, -0.25) is 14.9 Å². The lowest BCUT2D eigenvalue weighted by molar-refractivity contribution is -0.384. The Balaban J connectivity index is 2.51. The summed E-state index contributed by atoms with van der Waals surface area (Å²) >= 11 is 0. The number of unbranched alkanes of at least 4 members (excludes halogenated alkanes) is 1. The van der Waals surface area contributed by atoms with Crippen LogP contribution in [-0.4, -0.2) is 30.6 Å². The highest BCUT2D eigenvalue weighted by Crippen LogP contribution is 2.25. The molecular formula is C14H21N3O4. The van der Waals surface area contributed by atoms with E-state index in [9.17, 15) is 14.9 Å². The number of nitro benzene ring substituents is 1. The number of rotatable bonds is 10. The van der Waals surface area contributed by atoms with Crippen LogP contribution < -0.4 is 11.1 Å². The maximum atomic E-state index is 11.0. The van der Waals surface area contributed by atoms with Gasteiger partial charge in [0.05, 0.1) is 4.92 Å². The van der Waals surface area contributed by atoms with Crippen LogP contribution in [0.25, 0.3) is 0 Å². The van der Waals surface area contributed by atoms with Gasteiger partial charge in [-0.05, 0) is 25.0 Å². The molecule has 3 N–H and O–H groups in total. The lowest BCUT2D eigenvalue weighted by Gasteiger charge is -2.08. The molecule has 7 nitrogen and oxygen atoms in total. The molecule has 0 bridgehead atoms. The Morgan fingerprint density at radius 2 is 2.10 bits per heavy atom. The van der Waals surface area contributed by atoms with Gasteiger partial charge in [-0.2, -0.15) is 0 Å². The predicted molar refractivity (Wildman–Crippen MR) is 80.4 cm³/mol. The van der Waals surface area contributed by atoms with E-state index in [4.69, 9.17) is 10.5 Å². The fraction of sp³-hybridized carbons (Fsp3) is 0.500. The topological polar surface area (TPSA) is 107 Å². The normalized spacial score (nSPS) is 10.3. The molecule has 1 rings (SSSR count). The van der Waals surface area contributed by atoms with E-state index in [0.717, 1.165) is 25.9 Å². The maximum absolute atomic E-state index is 11.0. The van der Waals surface area contributed by atoms with E-state index in [1.807, 2.05) is 0 Å². The van der Waals surface area contributed by atoms with Crippen LogP contribution in [0.15, 0.2) is 18.2 Å². The van der Waals surface area contributed by atoms with Crippen molar-refractivity contribution < 1.29 is 14.5 Å². The van der Waals surface area contributed by atoms with Crippen molar-refractivity contribution in [2.45, 2.75) is 26.2 Å². The summed E-state index contributed by atoms with van der Waals surface area (Å²) < 4.78 is 5.41. The van der Waals surface area contributed by atoms with E-state index in [0.29, 0.717) is 18.8 Å². The van der Waals surface area contributed by atoms with Crippen molar-refractivity contribution in [1.82, 2.24) is 0 Å². The summed E-state index contributed by atoms with van der Waals surface area (Å²) in [5, 5.41) is 14.0. The first-order chi connectivity index (χ1) is 10.1. The molecule has 0 aliphatic rings. The Labute approximate surface area is 123 Å². The van der Waals surface area contributed by atoms with Gasteiger partial charge in [0, 0.05) is 31.4 Å². The summed E-state index contributed by atoms with van der Waals surface area (Å²) in [6.45, 7) is 4.01. The number of nitrogens with one attached hydrogen (secondary N) is 1. The van der Waals surface area contributed by atoms with Crippen molar-refractivity contribution in [3.8, 4) is 0 Å². The summed E-state index contributed by atoms with van der Waals surface area (Å²) in [7, 11) is 0. The number of nitrogens with two attached hydrogens (primary N) is 1. The molecule has 116 valence electrons. The van der Waals surface area contributed by atoms with Crippen molar-refractivity contribution in [1.29, 1.82) is 0 Å². The van der Waals surface area contributed by atoms with E-state index >= 15 is 0 Å². The summed E-state index contributed by atoms with van der Waals surface area (Å²) in [5.74, 6) is -0.686. The third-order valence-electron chi connectivity index (χ3n) is 2.90. The van der Waals surface area contributed by atoms with Gasteiger partial charge in [0.2, 0.25) is 5.91 Å².